The number of sulfonamides is 1. The predicted molar refractivity (Wildman–Crippen MR) is 102 cm³/mol. The maximum atomic E-state index is 12.6. The van der Waals surface area contributed by atoms with Crippen molar-refractivity contribution in [1.82, 2.24) is 5.32 Å². The molecule has 0 aromatic heterocycles. The molecular formula is C19H22N2O5S. The average Bonchev–Trinajstić information content (AvgIpc) is 2.56. The molecule has 1 amide bonds. The van der Waals surface area contributed by atoms with Crippen LogP contribution in [0.5, 0.6) is 0 Å². The van der Waals surface area contributed by atoms with Crippen LogP contribution >= 0.6 is 0 Å². The highest BCUT2D eigenvalue weighted by Gasteiger charge is 2.19. The molecule has 0 aliphatic rings. The molecule has 0 aliphatic carbocycles. The standard InChI is InChI=1S/C19H22N2O5S/c1-12-4-7-15(8-5-12)21-27(25,26)16-9-6-13(2)17(11-16)19(24)20-14(3)10-18(22)23/h4-9,11,14,21H,10H2,1-3H3,(H,20,24)(H,22,23). The van der Waals surface area contributed by atoms with Crippen molar-refractivity contribution in [3.05, 3.63) is 59.2 Å². The van der Waals surface area contributed by atoms with Crippen LogP contribution in [0.3, 0.4) is 0 Å². The lowest BCUT2D eigenvalue weighted by molar-refractivity contribution is -0.137. The first-order valence-electron chi connectivity index (χ1n) is 8.31. The van der Waals surface area contributed by atoms with Crippen molar-refractivity contribution >= 4 is 27.6 Å². The maximum Gasteiger partial charge on any atom is 0.305 e. The summed E-state index contributed by atoms with van der Waals surface area (Å²) in [5, 5.41) is 11.4. The predicted octanol–water partition coefficient (Wildman–Crippen LogP) is 2.70. The SMILES string of the molecule is Cc1ccc(NS(=O)(=O)c2ccc(C)c(C(=O)NC(C)CC(=O)O)c2)cc1. The van der Waals surface area contributed by atoms with E-state index in [-0.39, 0.29) is 16.9 Å². The number of aryl methyl sites for hydroxylation is 2. The number of amides is 1. The third-order valence-corrected chi connectivity index (χ3v) is 5.31. The van der Waals surface area contributed by atoms with E-state index in [1.165, 1.54) is 12.1 Å². The number of aliphatic carboxylic acids is 1. The minimum Gasteiger partial charge on any atom is -0.481 e. The van der Waals surface area contributed by atoms with Gasteiger partial charge in [0.2, 0.25) is 0 Å². The molecule has 3 N–H and O–H groups in total. The van der Waals surface area contributed by atoms with Crippen LogP contribution < -0.4 is 10.0 Å². The summed E-state index contributed by atoms with van der Waals surface area (Å²) in [5.41, 5.74) is 2.19. The van der Waals surface area contributed by atoms with Crippen LogP contribution in [0.1, 0.15) is 34.8 Å². The normalized spacial score (nSPS) is 12.3. The largest absolute Gasteiger partial charge is 0.481 e. The van der Waals surface area contributed by atoms with Gasteiger partial charge in [-0.3, -0.25) is 14.3 Å². The van der Waals surface area contributed by atoms with E-state index in [0.29, 0.717) is 11.3 Å². The van der Waals surface area contributed by atoms with Crippen molar-refractivity contribution in [3.8, 4) is 0 Å². The summed E-state index contributed by atoms with van der Waals surface area (Å²) < 4.78 is 27.7. The average molecular weight is 390 g/mol. The zero-order valence-electron chi connectivity index (χ0n) is 15.3. The Kier molecular flexibility index (Phi) is 6.22. The van der Waals surface area contributed by atoms with Gasteiger partial charge in [-0.15, -0.1) is 0 Å². The lowest BCUT2D eigenvalue weighted by atomic mass is 10.1. The van der Waals surface area contributed by atoms with Crippen LogP contribution in [0, 0.1) is 13.8 Å². The van der Waals surface area contributed by atoms with Gasteiger partial charge >= 0.3 is 5.97 Å². The van der Waals surface area contributed by atoms with Crippen LogP contribution in [-0.4, -0.2) is 31.4 Å². The van der Waals surface area contributed by atoms with Gasteiger partial charge in [0.05, 0.1) is 11.3 Å². The van der Waals surface area contributed by atoms with E-state index in [1.807, 2.05) is 6.92 Å². The molecule has 7 nitrogen and oxygen atoms in total. The molecule has 0 radical (unpaired) electrons. The molecule has 2 aromatic carbocycles. The topological polar surface area (TPSA) is 113 Å². The lowest BCUT2D eigenvalue weighted by Crippen LogP contribution is -2.34. The van der Waals surface area contributed by atoms with Crippen LogP contribution in [0.4, 0.5) is 5.69 Å². The number of hydrogen-bond acceptors (Lipinski definition) is 4. The Morgan fingerprint density at radius 1 is 1.07 bits per heavy atom. The summed E-state index contributed by atoms with van der Waals surface area (Å²) in [6.45, 7) is 5.15. The summed E-state index contributed by atoms with van der Waals surface area (Å²) in [6, 6.07) is 10.6. The molecule has 0 fully saturated rings. The maximum absolute atomic E-state index is 12.6. The number of carboxylic acids is 1. The van der Waals surface area contributed by atoms with Crippen LogP contribution in [-0.2, 0) is 14.8 Å². The molecule has 1 unspecified atom stereocenters. The first kappa shape index (κ1) is 20.4. The molecule has 1 atom stereocenters. The summed E-state index contributed by atoms with van der Waals surface area (Å²) in [5.74, 6) is -1.55. The fraction of sp³-hybridized carbons (Fsp3) is 0.263. The second kappa shape index (κ2) is 8.22. The van der Waals surface area contributed by atoms with Gasteiger partial charge in [-0.25, -0.2) is 8.42 Å². The van der Waals surface area contributed by atoms with Gasteiger partial charge in [-0.05, 0) is 50.6 Å². The van der Waals surface area contributed by atoms with Crippen molar-refractivity contribution in [3.63, 3.8) is 0 Å². The molecular weight excluding hydrogens is 368 g/mol. The van der Waals surface area contributed by atoms with Gasteiger partial charge in [0.25, 0.3) is 15.9 Å². The van der Waals surface area contributed by atoms with Crippen molar-refractivity contribution in [2.45, 2.75) is 38.1 Å². The quantitative estimate of drug-likeness (QED) is 0.673. The minimum atomic E-state index is -3.87. The molecule has 0 saturated carbocycles. The summed E-state index contributed by atoms with van der Waals surface area (Å²) in [6.07, 6.45) is -0.224. The summed E-state index contributed by atoms with van der Waals surface area (Å²) in [4.78, 5) is 23.1. The third-order valence-electron chi connectivity index (χ3n) is 3.93. The van der Waals surface area contributed by atoms with Gasteiger partial charge < -0.3 is 10.4 Å². The van der Waals surface area contributed by atoms with Crippen molar-refractivity contribution in [1.29, 1.82) is 0 Å². The Morgan fingerprint density at radius 2 is 1.70 bits per heavy atom. The Balaban J connectivity index is 2.25. The highest BCUT2D eigenvalue weighted by Crippen LogP contribution is 2.20. The van der Waals surface area contributed by atoms with E-state index in [0.717, 1.165) is 5.56 Å². The highest BCUT2D eigenvalue weighted by molar-refractivity contribution is 7.92. The monoisotopic (exact) mass is 390 g/mol. The van der Waals surface area contributed by atoms with Crippen LogP contribution in [0.25, 0.3) is 0 Å². The van der Waals surface area contributed by atoms with E-state index in [1.54, 1.807) is 44.2 Å². The van der Waals surface area contributed by atoms with Gasteiger partial charge in [-0.2, -0.15) is 0 Å². The molecule has 8 heteroatoms. The Hall–Kier alpha value is -2.87. The lowest BCUT2D eigenvalue weighted by Gasteiger charge is -2.14. The van der Waals surface area contributed by atoms with Crippen molar-refractivity contribution in [2.24, 2.45) is 0 Å². The summed E-state index contributed by atoms with van der Waals surface area (Å²) in [7, 11) is -3.87. The van der Waals surface area contributed by atoms with E-state index < -0.39 is 27.9 Å². The number of benzene rings is 2. The first-order valence-corrected chi connectivity index (χ1v) is 9.79. The molecule has 0 saturated heterocycles. The molecule has 2 aromatic rings. The zero-order valence-corrected chi connectivity index (χ0v) is 16.1. The fourth-order valence-electron chi connectivity index (χ4n) is 2.46. The zero-order chi connectivity index (χ0) is 20.2. The van der Waals surface area contributed by atoms with E-state index >= 15 is 0 Å². The molecule has 27 heavy (non-hydrogen) atoms. The number of carboxylic acid groups (broad SMARTS) is 1. The van der Waals surface area contributed by atoms with E-state index in [9.17, 15) is 18.0 Å². The molecule has 2 rings (SSSR count). The minimum absolute atomic E-state index is 0.0512. The number of carbonyl (C=O) groups is 2. The van der Waals surface area contributed by atoms with Crippen LogP contribution in [0.15, 0.2) is 47.4 Å². The molecule has 0 spiro atoms. The fourth-order valence-corrected chi connectivity index (χ4v) is 3.55. The first-order chi connectivity index (χ1) is 12.6. The van der Waals surface area contributed by atoms with Gasteiger partial charge in [0.15, 0.2) is 0 Å². The number of nitrogens with one attached hydrogen (secondary N) is 2. The Labute approximate surface area is 158 Å². The third kappa shape index (κ3) is 5.55. The Morgan fingerprint density at radius 3 is 2.30 bits per heavy atom. The number of rotatable bonds is 7. The smallest absolute Gasteiger partial charge is 0.305 e. The van der Waals surface area contributed by atoms with Crippen LogP contribution in [0.2, 0.25) is 0 Å². The van der Waals surface area contributed by atoms with Gasteiger partial charge in [0, 0.05) is 17.3 Å². The Bertz CT molecular complexity index is 953. The molecule has 0 aliphatic heterocycles. The number of carbonyl (C=O) groups excluding carboxylic acids is 1. The van der Waals surface area contributed by atoms with Gasteiger partial charge in [0.1, 0.15) is 0 Å². The number of hydrogen-bond donors (Lipinski definition) is 3. The van der Waals surface area contributed by atoms with Crippen molar-refractivity contribution in [2.75, 3.05) is 4.72 Å². The highest BCUT2D eigenvalue weighted by atomic mass is 32.2. The second-order valence-electron chi connectivity index (χ2n) is 6.42. The summed E-state index contributed by atoms with van der Waals surface area (Å²) >= 11 is 0. The van der Waals surface area contributed by atoms with Gasteiger partial charge in [-0.1, -0.05) is 23.8 Å². The molecule has 0 heterocycles. The van der Waals surface area contributed by atoms with E-state index in [2.05, 4.69) is 10.0 Å². The van der Waals surface area contributed by atoms with Crippen molar-refractivity contribution < 1.29 is 23.1 Å². The molecule has 144 valence electrons. The number of anilines is 1. The van der Waals surface area contributed by atoms with E-state index in [4.69, 9.17) is 5.11 Å². The second-order valence-corrected chi connectivity index (χ2v) is 8.10. The molecule has 0 bridgehead atoms.